The Morgan fingerprint density at radius 3 is 2.59 bits per heavy atom. The van der Waals surface area contributed by atoms with Crippen molar-refractivity contribution >= 4 is 35.6 Å². The molecule has 0 bridgehead atoms. The number of rotatable bonds is 7. The second-order valence-corrected chi connectivity index (χ2v) is 8.26. The first-order valence-corrected chi connectivity index (χ1v) is 10.7. The topological polar surface area (TPSA) is 52.1 Å². The number of nitrogens with zero attached hydrogens (tertiary/aromatic N) is 3. The molecule has 2 saturated heterocycles. The van der Waals surface area contributed by atoms with Gasteiger partial charge in [0.2, 0.25) is 0 Å². The van der Waals surface area contributed by atoms with Crippen LogP contribution in [0.2, 0.25) is 0 Å². The van der Waals surface area contributed by atoms with Crippen LogP contribution in [0.4, 0.5) is 5.69 Å². The molecule has 2 N–H and O–H groups in total. The summed E-state index contributed by atoms with van der Waals surface area (Å²) in [6.45, 7) is 10.0. The molecule has 3 rings (SSSR count). The smallest absolute Gasteiger partial charge is 0.191 e. The summed E-state index contributed by atoms with van der Waals surface area (Å²) in [4.78, 5) is 9.50. The molecule has 29 heavy (non-hydrogen) atoms. The average Bonchev–Trinajstić information content (AvgIpc) is 3.39. The molecule has 1 aromatic rings. The van der Waals surface area contributed by atoms with E-state index in [4.69, 9.17) is 4.74 Å². The zero-order valence-electron chi connectivity index (χ0n) is 18.4. The highest BCUT2D eigenvalue weighted by Gasteiger charge is 2.27. The predicted molar refractivity (Wildman–Crippen MR) is 133 cm³/mol. The highest BCUT2D eigenvalue weighted by atomic mass is 127. The maximum atomic E-state index is 5.53. The molecule has 0 aliphatic carbocycles. The molecule has 0 aromatic heterocycles. The third-order valence-electron chi connectivity index (χ3n) is 6.04. The van der Waals surface area contributed by atoms with Gasteiger partial charge in [-0.3, -0.25) is 9.89 Å². The lowest BCUT2D eigenvalue weighted by atomic mass is 10.0. The van der Waals surface area contributed by atoms with Crippen LogP contribution < -0.4 is 20.3 Å². The first-order valence-electron chi connectivity index (χ1n) is 10.7. The number of nitrogens with one attached hydrogen (secondary N) is 2. The van der Waals surface area contributed by atoms with E-state index in [9.17, 15) is 0 Å². The molecule has 0 saturated carbocycles. The lowest BCUT2D eigenvalue weighted by Gasteiger charge is -2.31. The van der Waals surface area contributed by atoms with Crippen LogP contribution in [0.15, 0.2) is 29.3 Å². The number of halogens is 1. The van der Waals surface area contributed by atoms with E-state index in [1.807, 2.05) is 19.2 Å². The number of aliphatic imine (C=N–C) groups is 1. The average molecular weight is 515 g/mol. The van der Waals surface area contributed by atoms with Gasteiger partial charge in [-0.2, -0.15) is 0 Å². The Morgan fingerprint density at radius 1 is 1.21 bits per heavy atom. The predicted octanol–water partition coefficient (Wildman–Crippen LogP) is 3.18. The van der Waals surface area contributed by atoms with Crippen molar-refractivity contribution < 1.29 is 4.74 Å². The zero-order chi connectivity index (χ0) is 19.9. The van der Waals surface area contributed by atoms with Crippen LogP contribution in [0.25, 0.3) is 0 Å². The van der Waals surface area contributed by atoms with Crippen molar-refractivity contribution in [3.8, 4) is 5.75 Å². The van der Waals surface area contributed by atoms with E-state index in [0.717, 1.165) is 37.8 Å². The molecule has 164 valence electrons. The number of hydrogen-bond donors (Lipinski definition) is 2. The number of hydrogen-bond acceptors (Lipinski definition) is 4. The summed E-state index contributed by atoms with van der Waals surface area (Å²) in [5.74, 6) is 2.49. The van der Waals surface area contributed by atoms with Gasteiger partial charge in [-0.1, -0.05) is 26.0 Å². The van der Waals surface area contributed by atoms with Crippen molar-refractivity contribution in [2.45, 2.75) is 45.2 Å². The summed E-state index contributed by atoms with van der Waals surface area (Å²) in [7, 11) is 3.60. The highest BCUT2D eigenvalue weighted by Crippen LogP contribution is 2.30. The fourth-order valence-electron chi connectivity index (χ4n) is 4.44. The molecule has 2 atom stereocenters. The lowest BCUT2D eigenvalue weighted by Crippen LogP contribution is -2.50. The molecule has 0 radical (unpaired) electrons. The van der Waals surface area contributed by atoms with Crippen molar-refractivity contribution in [2.24, 2.45) is 10.9 Å². The minimum atomic E-state index is 0. The first kappa shape index (κ1) is 24.1. The van der Waals surface area contributed by atoms with E-state index >= 15 is 0 Å². The molecule has 6 nitrogen and oxygen atoms in total. The summed E-state index contributed by atoms with van der Waals surface area (Å²) in [6.07, 6.45) is 3.76. The normalized spacial score (nSPS) is 21.2. The maximum Gasteiger partial charge on any atom is 0.191 e. The van der Waals surface area contributed by atoms with Gasteiger partial charge in [-0.05, 0) is 50.4 Å². The van der Waals surface area contributed by atoms with Gasteiger partial charge in [0.1, 0.15) is 5.75 Å². The van der Waals surface area contributed by atoms with Gasteiger partial charge < -0.3 is 20.3 Å². The summed E-state index contributed by atoms with van der Waals surface area (Å²) in [5, 5.41) is 7.21. The maximum absolute atomic E-state index is 5.53. The van der Waals surface area contributed by atoms with Crippen molar-refractivity contribution in [1.29, 1.82) is 0 Å². The van der Waals surface area contributed by atoms with Gasteiger partial charge in [0.05, 0.1) is 12.8 Å². The summed E-state index contributed by atoms with van der Waals surface area (Å²) >= 11 is 0. The highest BCUT2D eigenvalue weighted by molar-refractivity contribution is 14.0. The number of likely N-dealkylation sites (tertiary alicyclic amines) is 1. The van der Waals surface area contributed by atoms with Gasteiger partial charge in [0, 0.05) is 38.8 Å². The van der Waals surface area contributed by atoms with Gasteiger partial charge in [-0.15, -0.1) is 24.0 Å². The van der Waals surface area contributed by atoms with Crippen molar-refractivity contribution in [1.82, 2.24) is 15.5 Å². The molecule has 1 aromatic carbocycles. The van der Waals surface area contributed by atoms with Crippen LogP contribution in [-0.2, 0) is 0 Å². The molecule has 2 heterocycles. The van der Waals surface area contributed by atoms with Crippen LogP contribution in [0.3, 0.4) is 0 Å². The van der Waals surface area contributed by atoms with Crippen LogP contribution >= 0.6 is 24.0 Å². The van der Waals surface area contributed by atoms with E-state index in [2.05, 4.69) is 51.4 Å². The molecule has 2 unspecified atom stereocenters. The van der Waals surface area contributed by atoms with Crippen LogP contribution in [0.1, 0.15) is 33.1 Å². The second-order valence-electron chi connectivity index (χ2n) is 8.26. The molecule has 2 aliphatic rings. The first-order chi connectivity index (χ1) is 13.6. The van der Waals surface area contributed by atoms with E-state index in [-0.39, 0.29) is 24.0 Å². The largest absolute Gasteiger partial charge is 0.495 e. The fraction of sp³-hybridized carbons (Fsp3) is 0.682. The summed E-state index contributed by atoms with van der Waals surface area (Å²) in [5.41, 5.74) is 1.17. The number of ether oxygens (including phenoxy) is 1. The Hall–Kier alpha value is -1.22. The summed E-state index contributed by atoms with van der Waals surface area (Å²) < 4.78 is 5.53. The number of para-hydroxylation sites is 2. The Morgan fingerprint density at radius 2 is 1.93 bits per heavy atom. The molecule has 2 aliphatic heterocycles. The van der Waals surface area contributed by atoms with Crippen LogP contribution in [0, 0.1) is 5.92 Å². The Labute approximate surface area is 193 Å². The minimum Gasteiger partial charge on any atom is -0.495 e. The van der Waals surface area contributed by atoms with Crippen molar-refractivity contribution in [3.05, 3.63) is 24.3 Å². The number of guanidine groups is 1. The monoisotopic (exact) mass is 515 g/mol. The number of anilines is 1. The summed E-state index contributed by atoms with van der Waals surface area (Å²) in [6, 6.07) is 9.21. The van der Waals surface area contributed by atoms with Crippen molar-refractivity contribution in [3.63, 3.8) is 0 Å². The third-order valence-corrected chi connectivity index (χ3v) is 6.04. The quantitative estimate of drug-likeness (QED) is 0.332. The zero-order valence-corrected chi connectivity index (χ0v) is 20.7. The molecule has 7 heteroatoms. The number of benzene rings is 1. The van der Waals surface area contributed by atoms with Gasteiger partial charge in [0.15, 0.2) is 5.96 Å². The molecular formula is C22H38IN5O. The standard InChI is InChI=1S/C22H37N5O.HI/c1-17(2)20(26-12-7-8-13-26)15-24-22(23-3)25-18-11-14-27(16-18)19-9-5-6-10-21(19)28-4;/h5-6,9-10,17-18,20H,7-8,11-16H2,1-4H3,(H2,23,24,25);1H. The van der Waals surface area contributed by atoms with Gasteiger partial charge in [0.25, 0.3) is 0 Å². The molecule has 0 spiro atoms. The third kappa shape index (κ3) is 6.38. The van der Waals surface area contributed by atoms with E-state index in [0.29, 0.717) is 18.0 Å². The molecule has 2 fully saturated rings. The SMILES string of the molecule is CN=C(NCC(C(C)C)N1CCCC1)NC1CCN(c2ccccc2OC)C1.I. The Bertz CT molecular complexity index is 648. The molecule has 0 amide bonds. The lowest BCUT2D eigenvalue weighted by molar-refractivity contribution is 0.192. The Balaban J connectivity index is 0.00000300. The Kier molecular flexibility index (Phi) is 9.82. The van der Waals surface area contributed by atoms with Crippen molar-refractivity contribution in [2.75, 3.05) is 51.8 Å². The van der Waals surface area contributed by atoms with Crippen LogP contribution in [0.5, 0.6) is 5.75 Å². The van der Waals surface area contributed by atoms with E-state index in [1.165, 1.54) is 31.6 Å². The van der Waals surface area contributed by atoms with Gasteiger partial charge >= 0.3 is 0 Å². The number of methoxy groups -OCH3 is 1. The van der Waals surface area contributed by atoms with E-state index in [1.54, 1.807) is 7.11 Å². The minimum absolute atomic E-state index is 0. The fourth-order valence-corrected chi connectivity index (χ4v) is 4.44. The molecular weight excluding hydrogens is 477 g/mol. The van der Waals surface area contributed by atoms with E-state index < -0.39 is 0 Å². The van der Waals surface area contributed by atoms with Crippen LogP contribution in [-0.4, -0.2) is 69.8 Å². The second kappa shape index (κ2) is 11.8. The van der Waals surface area contributed by atoms with Gasteiger partial charge in [-0.25, -0.2) is 0 Å².